The quantitative estimate of drug-likeness (QED) is 0.900. The van der Waals surface area contributed by atoms with Crippen molar-refractivity contribution in [2.75, 3.05) is 11.4 Å². The molecule has 1 heterocycles. The lowest BCUT2D eigenvalue weighted by Crippen LogP contribution is -2.55. The first kappa shape index (κ1) is 16.4. The van der Waals surface area contributed by atoms with E-state index in [9.17, 15) is 9.90 Å². The second kappa shape index (κ2) is 6.56. The Morgan fingerprint density at radius 3 is 2.71 bits per heavy atom. The molecule has 1 aliphatic rings. The molecular formula is C20H24N2O2. The predicted molar refractivity (Wildman–Crippen MR) is 96.5 cm³/mol. The SMILES string of the molecule is CC1(C)CCc2ccc(O)cc2N1C(=O)NCCc1ccccc1. The number of fused-ring (bicyclic) bond motifs is 1. The molecule has 0 aliphatic carbocycles. The van der Waals surface area contributed by atoms with E-state index >= 15 is 0 Å². The first-order valence-corrected chi connectivity index (χ1v) is 8.41. The number of nitrogens with zero attached hydrogens (tertiary/aromatic N) is 1. The van der Waals surface area contributed by atoms with Crippen LogP contribution in [0.3, 0.4) is 0 Å². The molecule has 0 unspecified atom stereocenters. The summed E-state index contributed by atoms with van der Waals surface area (Å²) in [5.41, 5.74) is 2.83. The molecule has 126 valence electrons. The zero-order chi connectivity index (χ0) is 17.2. The number of benzene rings is 2. The molecule has 4 heteroatoms. The Morgan fingerprint density at radius 1 is 1.21 bits per heavy atom. The minimum atomic E-state index is -0.280. The molecule has 0 bridgehead atoms. The zero-order valence-corrected chi connectivity index (χ0v) is 14.2. The lowest BCUT2D eigenvalue weighted by atomic mass is 9.87. The van der Waals surface area contributed by atoms with Gasteiger partial charge in [0, 0.05) is 18.2 Å². The molecule has 24 heavy (non-hydrogen) atoms. The topological polar surface area (TPSA) is 52.6 Å². The average Bonchev–Trinajstić information content (AvgIpc) is 2.54. The maximum atomic E-state index is 12.8. The number of aryl methyl sites for hydroxylation is 1. The number of hydrogen-bond acceptors (Lipinski definition) is 2. The van der Waals surface area contributed by atoms with Gasteiger partial charge < -0.3 is 10.4 Å². The van der Waals surface area contributed by atoms with Crippen molar-refractivity contribution in [2.24, 2.45) is 0 Å². The molecule has 0 saturated carbocycles. The molecule has 0 saturated heterocycles. The molecule has 0 atom stereocenters. The van der Waals surface area contributed by atoms with Crippen molar-refractivity contribution in [3.05, 3.63) is 59.7 Å². The summed E-state index contributed by atoms with van der Waals surface area (Å²) in [5.74, 6) is 0.188. The van der Waals surface area contributed by atoms with Crippen LogP contribution < -0.4 is 10.2 Å². The van der Waals surface area contributed by atoms with Crippen LogP contribution in [0, 0.1) is 0 Å². The van der Waals surface area contributed by atoms with Gasteiger partial charge in [-0.05, 0) is 50.3 Å². The lowest BCUT2D eigenvalue weighted by molar-refractivity contribution is 0.237. The van der Waals surface area contributed by atoms with Gasteiger partial charge in [0.15, 0.2) is 0 Å². The van der Waals surface area contributed by atoms with Gasteiger partial charge in [0.1, 0.15) is 5.75 Å². The van der Waals surface area contributed by atoms with Crippen LogP contribution in [0.15, 0.2) is 48.5 Å². The second-order valence-electron chi connectivity index (χ2n) is 6.93. The van der Waals surface area contributed by atoms with Crippen molar-refractivity contribution in [1.82, 2.24) is 5.32 Å². The third-order valence-electron chi connectivity index (χ3n) is 4.66. The van der Waals surface area contributed by atoms with Crippen LogP contribution in [0.4, 0.5) is 10.5 Å². The van der Waals surface area contributed by atoms with Crippen molar-refractivity contribution >= 4 is 11.7 Å². The fourth-order valence-corrected chi connectivity index (χ4v) is 3.27. The fraction of sp³-hybridized carbons (Fsp3) is 0.350. The van der Waals surface area contributed by atoms with E-state index in [4.69, 9.17) is 0 Å². The summed E-state index contributed by atoms with van der Waals surface area (Å²) < 4.78 is 0. The summed E-state index contributed by atoms with van der Waals surface area (Å²) >= 11 is 0. The molecule has 1 aliphatic heterocycles. The summed E-state index contributed by atoms with van der Waals surface area (Å²) in [7, 11) is 0. The smallest absolute Gasteiger partial charge is 0.322 e. The molecule has 2 amide bonds. The van der Waals surface area contributed by atoms with E-state index in [1.54, 1.807) is 17.0 Å². The molecule has 0 radical (unpaired) electrons. The Labute approximate surface area is 143 Å². The number of amides is 2. The van der Waals surface area contributed by atoms with Crippen molar-refractivity contribution in [3.8, 4) is 5.75 Å². The lowest BCUT2D eigenvalue weighted by Gasteiger charge is -2.43. The number of urea groups is 1. The molecule has 0 spiro atoms. The highest BCUT2D eigenvalue weighted by Crippen LogP contribution is 2.38. The highest BCUT2D eigenvalue weighted by Gasteiger charge is 2.37. The first-order valence-electron chi connectivity index (χ1n) is 8.41. The molecule has 2 aromatic carbocycles. The summed E-state index contributed by atoms with van der Waals surface area (Å²) in [4.78, 5) is 14.6. The van der Waals surface area contributed by atoms with Gasteiger partial charge >= 0.3 is 6.03 Å². The predicted octanol–water partition coefficient (Wildman–Crippen LogP) is 3.88. The van der Waals surface area contributed by atoms with E-state index < -0.39 is 0 Å². The number of nitrogens with one attached hydrogen (secondary N) is 1. The summed E-state index contributed by atoms with van der Waals surface area (Å²) in [6.07, 6.45) is 2.61. The van der Waals surface area contributed by atoms with Gasteiger partial charge in [-0.1, -0.05) is 36.4 Å². The van der Waals surface area contributed by atoms with E-state index in [1.165, 1.54) is 5.56 Å². The van der Waals surface area contributed by atoms with Gasteiger partial charge in [-0.15, -0.1) is 0 Å². The number of phenolic OH excluding ortho intramolecular Hbond substituents is 1. The number of phenols is 1. The van der Waals surface area contributed by atoms with Gasteiger partial charge in [0.25, 0.3) is 0 Å². The third kappa shape index (κ3) is 3.37. The number of anilines is 1. The maximum absolute atomic E-state index is 12.8. The van der Waals surface area contributed by atoms with Gasteiger partial charge in [-0.25, -0.2) is 4.79 Å². The number of carbonyl (C=O) groups is 1. The summed E-state index contributed by atoms with van der Waals surface area (Å²) in [5, 5.41) is 12.8. The molecule has 4 nitrogen and oxygen atoms in total. The highest BCUT2D eigenvalue weighted by molar-refractivity contribution is 5.95. The molecule has 3 rings (SSSR count). The molecule has 0 aromatic heterocycles. The number of carbonyl (C=O) groups excluding carboxylic acids is 1. The zero-order valence-electron chi connectivity index (χ0n) is 14.2. The fourth-order valence-electron chi connectivity index (χ4n) is 3.27. The van der Waals surface area contributed by atoms with Gasteiger partial charge in [0.05, 0.1) is 5.69 Å². The van der Waals surface area contributed by atoms with Gasteiger partial charge in [0.2, 0.25) is 0 Å². The van der Waals surface area contributed by atoms with Gasteiger partial charge in [-0.2, -0.15) is 0 Å². The van der Waals surface area contributed by atoms with Crippen LogP contribution in [-0.4, -0.2) is 23.2 Å². The summed E-state index contributed by atoms with van der Waals surface area (Å²) in [6.45, 7) is 4.72. The average molecular weight is 324 g/mol. The maximum Gasteiger partial charge on any atom is 0.322 e. The van der Waals surface area contributed by atoms with Crippen LogP contribution in [0.2, 0.25) is 0 Å². The van der Waals surface area contributed by atoms with Crippen LogP contribution in [-0.2, 0) is 12.8 Å². The monoisotopic (exact) mass is 324 g/mol. The number of hydrogen-bond donors (Lipinski definition) is 2. The van der Waals surface area contributed by atoms with Crippen LogP contribution in [0.25, 0.3) is 0 Å². The van der Waals surface area contributed by atoms with Crippen LogP contribution >= 0.6 is 0 Å². The minimum absolute atomic E-state index is 0.109. The molecule has 0 fully saturated rings. The molecule has 2 N–H and O–H groups in total. The Morgan fingerprint density at radius 2 is 1.96 bits per heavy atom. The Kier molecular flexibility index (Phi) is 4.47. The van der Waals surface area contributed by atoms with Gasteiger partial charge in [-0.3, -0.25) is 4.90 Å². The van der Waals surface area contributed by atoms with Crippen molar-refractivity contribution in [1.29, 1.82) is 0 Å². The minimum Gasteiger partial charge on any atom is -0.508 e. The van der Waals surface area contributed by atoms with E-state index in [0.717, 1.165) is 30.5 Å². The van der Waals surface area contributed by atoms with E-state index in [1.807, 2.05) is 24.3 Å². The standard InChI is InChI=1S/C20H24N2O2/c1-20(2)12-10-16-8-9-17(23)14-18(16)22(20)19(24)21-13-11-15-6-4-3-5-7-15/h3-9,14,23H,10-13H2,1-2H3,(H,21,24). The first-order chi connectivity index (χ1) is 11.5. The second-order valence-corrected chi connectivity index (χ2v) is 6.93. The van der Waals surface area contributed by atoms with Crippen LogP contribution in [0.5, 0.6) is 5.75 Å². The Hall–Kier alpha value is -2.49. The van der Waals surface area contributed by atoms with Crippen molar-refractivity contribution in [2.45, 2.75) is 38.6 Å². The summed E-state index contributed by atoms with van der Waals surface area (Å²) in [6, 6.07) is 15.3. The third-order valence-corrected chi connectivity index (χ3v) is 4.66. The Balaban J connectivity index is 1.74. The number of aromatic hydroxyl groups is 1. The molecule has 2 aromatic rings. The van der Waals surface area contributed by atoms with Crippen molar-refractivity contribution < 1.29 is 9.90 Å². The largest absolute Gasteiger partial charge is 0.508 e. The number of rotatable bonds is 3. The van der Waals surface area contributed by atoms with E-state index in [2.05, 4.69) is 31.3 Å². The van der Waals surface area contributed by atoms with E-state index in [0.29, 0.717) is 6.54 Å². The normalized spacial score (nSPS) is 15.7. The van der Waals surface area contributed by atoms with Crippen molar-refractivity contribution in [3.63, 3.8) is 0 Å². The Bertz CT molecular complexity index is 726. The molecular weight excluding hydrogens is 300 g/mol. The van der Waals surface area contributed by atoms with E-state index in [-0.39, 0.29) is 17.3 Å². The highest BCUT2D eigenvalue weighted by atomic mass is 16.3. The van der Waals surface area contributed by atoms with Crippen LogP contribution in [0.1, 0.15) is 31.4 Å².